The largest absolute Gasteiger partial charge is 0.394 e. The number of carbonyl (C=O) groups excluding carboxylic acids is 1. The van der Waals surface area contributed by atoms with Gasteiger partial charge in [-0.1, -0.05) is 6.90 Å². The lowest BCUT2D eigenvalue weighted by atomic mass is 9.98. The van der Waals surface area contributed by atoms with Crippen molar-refractivity contribution in [1.82, 2.24) is 0 Å². The minimum absolute atomic E-state index is 0.0242. The summed E-state index contributed by atoms with van der Waals surface area (Å²) in [5.41, 5.74) is 0. The van der Waals surface area contributed by atoms with E-state index in [-0.39, 0.29) is 19.7 Å². The van der Waals surface area contributed by atoms with Crippen LogP contribution in [0.2, 0.25) is 0 Å². The molecule has 0 rings (SSSR count). The molecule has 0 heterocycles. The Morgan fingerprint density at radius 2 is 1.87 bits per heavy atom. The molecule has 90 valence electrons. The van der Waals surface area contributed by atoms with Crippen LogP contribution in [-0.2, 0) is 4.79 Å². The molecule has 0 spiro atoms. The summed E-state index contributed by atoms with van der Waals surface area (Å²) >= 11 is 0. The Morgan fingerprint density at radius 1 is 1.27 bits per heavy atom. The molecule has 0 fully saturated rings. The van der Waals surface area contributed by atoms with Crippen molar-refractivity contribution >= 4 is 5.78 Å². The number of hydrogen-bond donors (Lipinski definition) is 5. The van der Waals surface area contributed by atoms with E-state index in [0.717, 1.165) is 0 Å². The van der Waals surface area contributed by atoms with E-state index in [2.05, 4.69) is 0 Å². The Kier molecular flexibility index (Phi) is 5.74. The molecule has 0 aromatic rings. The van der Waals surface area contributed by atoms with Gasteiger partial charge in [0.25, 0.3) is 0 Å². The highest BCUT2D eigenvalue weighted by atomic mass is 16.4. The first-order valence-electron chi connectivity index (χ1n) is 5.31. The van der Waals surface area contributed by atoms with Crippen molar-refractivity contribution in [3.05, 3.63) is 0 Å². The van der Waals surface area contributed by atoms with Crippen molar-refractivity contribution in [3.8, 4) is 0 Å². The number of aliphatic hydroxyl groups excluding tert-OH is 5. The predicted octanol–water partition coefficient (Wildman–Crippen LogP) is -2.21. The van der Waals surface area contributed by atoms with Gasteiger partial charge in [0, 0.05) is 7.79 Å². The zero-order chi connectivity index (χ0) is 12.7. The first-order chi connectivity index (χ1) is 7.45. The molecular weight excluding hydrogens is 204 g/mol. The highest BCUT2D eigenvalue weighted by Crippen LogP contribution is 2.08. The van der Waals surface area contributed by atoms with E-state index in [4.69, 9.17) is 11.6 Å². The molecule has 0 unspecified atom stereocenters. The van der Waals surface area contributed by atoms with Crippen molar-refractivity contribution in [3.63, 3.8) is 0 Å². The van der Waals surface area contributed by atoms with Gasteiger partial charge in [0.1, 0.15) is 24.4 Å². The van der Waals surface area contributed by atoms with Crippen LogP contribution in [0.15, 0.2) is 0 Å². The lowest BCUT2D eigenvalue weighted by molar-refractivity contribution is -0.147. The van der Waals surface area contributed by atoms with E-state index in [1.165, 1.54) is 0 Å². The summed E-state index contributed by atoms with van der Waals surface area (Å²) in [5.74, 6) is -0.705. The Hall–Kier alpha value is -0.530. The molecule has 6 heteroatoms. The summed E-state index contributed by atoms with van der Waals surface area (Å²) in [6.45, 7) is -0.762. The van der Waals surface area contributed by atoms with E-state index < -0.39 is 36.8 Å². The fourth-order valence-electron chi connectivity index (χ4n) is 1.03. The maximum Gasteiger partial charge on any atom is 0.164 e. The van der Waals surface area contributed by atoms with Crippen LogP contribution in [0, 0.1) is 0 Å². The van der Waals surface area contributed by atoms with Crippen LogP contribution < -0.4 is 0 Å². The third-order valence-electron chi connectivity index (χ3n) is 2.01. The van der Waals surface area contributed by atoms with E-state index in [9.17, 15) is 20.1 Å². The maximum absolute atomic E-state index is 11.2. The molecule has 4 atom stereocenters. The van der Waals surface area contributed by atoms with Crippen LogP contribution >= 0.6 is 0 Å². The van der Waals surface area contributed by atoms with Crippen molar-refractivity contribution < 1.29 is 31.7 Å². The number of ketones is 1. The lowest BCUT2D eigenvalue weighted by Crippen LogP contribution is -2.48. The van der Waals surface area contributed by atoms with Gasteiger partial charge in [-0.15, -0.1) is 0 Å². The van der Waals surface area contributed by atoms with Crippen LogP contribution in [0.3, 0.4) is 0 Å². The summed E-state index contributed by atoms with van der Waals surface area (Å²) in [4.78, 5) is 11.2. The molecule has 0 saturated carbocycles. The molecule has 0 aromatic heterocycles. The van der Waals surface area contributed by atoms with E-state index >= 15 is 0 Å². The molecule has 0 aliphatic rings. The SMILES string of the molecule is [2H]CCCC(=O)[C@H](O)[C@@H](O)[C@H](O)[C@H](O)CO. The fraction of sp³-hybridized carbons (Fsp3) is 0.889. The molecule has 5 N–H and O–H groups in total. The second-order valence-corrected chi connectivity index (χ2v) is 3.25. The van der Waals surface area contributed by atoms with Crippen molar-refractivity contribution in [1.29, 1.82) is 0 Å². The highest BCUT2D eigenvalue weighted by Gasteiger charge is 2.33. The van der Waals surface area contributed by atoms with E-state index in [1.54, 1.807) is 0 Å². The van der Waals surface area contributed by atoms with Gasteiger partial charge in [0.2, 0.25) is 0 Å². The summed E-state index contributed by atoms with van der Waals surface area (Å²) in [7, 11) is 0. The monoisotopic (exact) mass is 223 g/mol. The molecule has 6 nitrogen and oxygen atoms in total. The van der Waals surface area contributed by atoms with Gasteiger partial charge in [0.15, 0.2) is 5.78 Å². The Labute approximate surface area is 89.2 Å². The fourth-order valence-corrected chi connectivity index (χ4v) is 1.03. The highest BCUT2D eigenvalue weighted by molar-refractivity contribution is 5.83. The number of rotatable bonds is 7. The normalized spacial score (nSPS) is 20.2. The summed E-state index contributed by atoms with van der Waals surface area (Å²) < 4.78 is 6.81. The van der Waals surface area contributed by atoms with Crippen molar-refractivity contribution in [2.24, 2.45) is 0 Å². The summed E-state index contributed by atoms with van der Waals surface area (Å²) in [6, 6.07) is 0. The van der Waals surface area contributed by atoms with Crippen molar-refractivity contribution in [2.45, 2.75) is 44.2 Å². The van der Waals surface area contributed by atoms with Crippen LogP contribution in [0.25, 0.3) is 0 Å². The second-order valence-electron chi connectivity index (χ2n) is 3.25. The van der Waals surface area contributed by atoms with Crippen molar-refractivity contribution in [2.75, 3.05) is 6.61 Å². The van der Waals surface area contributed by atoms with Gasteiger partial charge in [-0.2, -0.15) is 0 Å². The van der Waals surface area contributed by atoms with Crippen LogP contribution in [0.1, 0.15) is 21.1 Å². The van der Waals surface area contributed by atoms with Gasteiger partial charge in [0.05, 0.1) is 6.61 Å². The average Bonchev–Trinajstić information content (AvgIpc) is 2.31. The van der Waals surface area contributed by atoms with Crippen LogP contribution in [0.5, 0.6) is 0 Å². The molecule has 0 amide bonds. The number of aliphatic hydroxyl groups is 5. The molecule has 0 aromatic carbocycles. The standard InChI is InChI=1S/C9H18O6/c1-2-3-5(11)7(13)9(15)8(14)6(12)4-10/h6-10,12-15H,2-4H2,1H3/t6-,7+,8-,9-/m1/s1/i1D. The molecule has 0 saturated heterocycles. The number of carbonyl (C=O) groups is 1. The smallest absolute Gasteiger partial charge is 0.164 e. The van der Waals surface area contributed by atoms with Gasteiger partial charge in [-0.05, 0) is 6.42 Å². The quantitative estimate of drug-likeness (QED) is 0.334. The molecule has 15 heavy (non-hydrogen) atoms. The number of hydrogen-bond acceptors (Lipinski definition) is 6. The minimum Gasteiger partial charge on any atom is -0.394 e. The average molecular weight is 223 g/mol. The summed E-state index contributed by atoms with van der Waals surface area (Å²) in [5, 5.41) is 45.3. The lowest BCUT2D eigenvalue weighted by Gasteiger charge is -2.24. The molecule has 0 aliphatic carbocycles. The zero-order valence-corrected chi connectivity index (χ0v) is 8.28. The second kappa shape index (κ2) is 6.86. The maximum atomic E-state index is 11.2. The molecular formula is C9H18O6. The van der Waals surface area contributed by atoms with Gasteiger partial charge >= 0.3 is 0 Å². The first kappa shape index (κ1) is 12.5. The Balaban J connectivity index is 4.25. The van der Waals surface area contributed by atoms with Gasteiger partial charge < -0.3 is 25.5 Å². The third kappa shape index (κ3) is 4.23. The Bertz CT molecular complexity index is 212. The van der Waals surface area contributed by atoms with E-state index in [1.807, 2.05) is 0 Å². The molecule has 0 aliphatic heterocycles. The first-order valence-corrected chi connectivity index (χ1v) is 4.60. The predicted molar refractivity (Wildman–Crippen MR) is 51.0 cm³/mol. The summed E-state index contributed by atoms with van der Waals surface area (Å²) in [6.07, 6.45) is -6.90. The van der Waals surface area contributed by atoms with Crippen LogP contribution in [0.4, 0.5) is 0 Å². The zero-order valence-electron chi connectivity index (χ0n) is 9.28. The molecule has 0 radical (unpaired) electrons. The third-order valence-corrected chi connectivity index (χ3v) is 2.01. The topological polar surface area (TPSA) is 118 Å². The minimum atomic E-state index is -1.85. The van der Waals surface area contributed by atoms with E-state index in [0.29, 0.717) is 0 Å². The van der Waals surface area contributed by atoms with Gasteiger partial charge in [-0.3, -0.25) is 4.79 Å². The Morgan fingerprint density at radius 3 is 2.33 bits per heavy atom. The van der Waals surface area contributed by atoms with Crippen LogP contribution in [-0.4, -0.2) is 62.3 Å². The molecule has 0 bridgehead atoms. The van der Waals surface area contributed by atoms with Gasteiger partial charge in [-0.25, -0.2) is 0 Å². The number of Topliss-reactive ketones (excluding diaryl/α,β-unsaturated/α-hetero) is 1.